The first kappa shape index (κ1) is 72.9. The highest BCUT2D eigenvalue weighted by Crippen LogP contribution is 2.43. The molecule has 440 valence electrons. The third-order valence-electron chi connectivity index (χ3n) is 13.1. The molecule has 0 aliphatic carbocycles. The van der Waals surface area contributed by atoms with E-state index >= 15 is 0 Å². The van der Waals surface area contributed by atoms with Gasteiger partial charge in [0, 0.05) is 19.3 Å². The lowest BCUT2D eigenvalue weighted by Crippen LogP contribution is -2.30. The molecule has 0 aromatic heterocycles. The zero-order chi connectivity index (χ0) is 55.5. The second-order valence-electron chi connectivity index (χ2n) is 20.5. The molecule has 2 N–H and O–H groups in total. The van der Waals surface area contributed by atoms with E-state index in [0.29, 0.717) is 19.3 Å². The van der Waals surface area contributed by atoms with Crippen LogP contribution in [0.4, 0.5) is 0 Å². The van der Waals surface area contributed by atoms with Crippen molar-refractivity contribution in [2.75, 3.05) is 26.4 Å². The van der Waals surface area contributed by atoms with Crippen LogP contribution < -0.4 is 0 Å². The summed E-state index contributed by atoms with van der Waals surface area (Å²) in [4.78, 5) is 48.6. The molecular formula is C64H113O11P. The zero-order valence-corrected chi connectivity index (χ0v) is 49.6. The molecule has 76 heavy (non-hydrogen) atoms. The summed E-state index contributed by atoms with van der Waals surface area (Å²) in [7, 11) is -4.75. The highest BCUT2D eigenvalue weighted by atomic mass is 31.2. The lowest BCUT2D eigenvalue weighted by molar-refractivity contribution is -0.161. The lowest BCUT2D eigenvalue weighted by atomic mass is 10.1. The summed E-state index contributed by atoms with van der Waals surface area (Å²) in [5.41, 5.74) is 0. The first-order valence-corrected chi connectivity index (χ1v) is 32.3. The minimum absolute atomic E-state index is 0.159. The van der Waals surface area contributed by atoms with Crippen molar-refractivity contribution in [3.63, 3.8) is 0 Å². The van der Waals surface area contributed by atoms with Crippen molar-refractivity contribution in [2.24, 2.45) is 0 Å². The van der Waals surface area contributed by atoms with Gasteiger partial charge in [0.2, 0.25) is 0 Å². The Morgan fingerprint density at radius 1 is 0.382 bits per heavy atom. The second kappa shape index (κ2) is 58.1. The predicted molar refractivity (Wildman–Crippen MR) is 316 cm³/mol. The van der Waals surface area contributed by atoms with Gasteiger partial charge in [-0.05, 0) is 89.9 Å². The largest absolute Gasteiger partial charge is 0.472 e. The van der Waals surface area contributed by atoms with Gasteiger partial charge < -0.3 is 24.2 Å². The number of unbranched alkanes of at least 4 members (excludes halogenated alkanes) is 28. The van der Waals surface area contributed by atoms with Crippen molar-refractivity contribution in [3.8, 4) is 0 Å². The molecule has 0 aromatic carbocycles. The fourth-order valence-electron chi connectivity index (χ4n) is 8.44. The molecule has 0 spiro atoms. The molecule has 0 bridgehead atoms. The van der Waals surface area contributed by atoms with E-state index in [0.717, 1.165) is 116 Å². The Morgan fingerprint density at radius 3 is 1.08 bits per heavy atom. The van der Waals surface area contributed by atoms with Crippen LogP contribution in [0.25, 0.3) is 0 Å². The Morgan fingerprint density at radius 2 is 0.684 bits per heavy atom. The number of aliphatic hydroxyl groups excluding tert-OH is 1. The Balaban J connectivity index is 4.73. The maximum absolute atomic E-state index is 12.9. The molecule has 0 aliphatic rings. The van der Waals surface area contributed by atoms with Gasteiger partial charge in [-0.15, -0.1) is 0 Å². The first-order valence-electron chi connectivity index (χ1n) is 30.8. The predicted octanol–water partition coefficient (Wildman–Crippen LogP) is 18.5. The van der Waals surface area contributed by atoms with E-state index in [1.165, 1.54) is 103 Å². The highest BCUT2D eigenvalue weighted by Gasteiger charge is 2.28. The molecule has 3 unspecified atom stereocenters. The normalized spacial score (nSPS) is 13.8. The van der Waals surface area contributed by atoms with E-state index in [9.17, 15) is 28.9 Å². The molecule has 0 rings (SSSR count). The van der Waals surface area contributed by atoms with Crippen molar-refractivity contribution in [2.45, 2.75) is 290 Å². The summed E-state index contributed by atoms with van der Waals surface area (Å²) in [5, 5.41) is 9.81. The average Bonchev–Trinajstić information content (AvgIpc) is 3.41. The standard InChI is InChI=1S/C64H113O11P/c1-4-7-10-13-16-19-22-24-26-28-30-32-34-36-39-41-44-47-50-53-62(66)71-57-61(75-64(68)55-52-49-46-43-40-37-35-33-31-29-27-25-23-20-17-14-11-8-5-2)59-73-76(69,70)72-58-60(56-65)74-63(67)54-51-48-45-42-38-21-18-15-12-9-6-3/h7,10,16-17,19-20,24-27,30,32,60-61,65H,4-6,8-9,11-15,18,21-23,28-29,31,33-59H2,1-3H3,(H,69,70)/b10-7-,19-16-,20-17-,26-24-,27-25-,32-30-. The van der Waals surface area contributed by atoms with Crippen LogP contribution in [-0.2, 0) is 42.2 Å². The summed E-state index contributed by atoms with van der Waals surface area (Å²) in [6.45, 7) is 4.51. The number of carbonyl (C=O) groups is 3. The monoisotopic (exact) mass is 1090 g/mol. The van der Waals surface area contributed by atoms with Crippen molar-refractivity contribution in [3.05, 3.63) is 72.9 Å². The molecule has 0 amide bonds. The molecule has 0 heterocycles. The Kier molecular flexibility index (Phi) is 55.7. The number of hydrogen-bond acceptors (Lipinski definition) is 10. The van der Waals surface area contributed by atoms with E-state index in [1.807, 2.05) is 0 Å². The number of phosphoric ester groups is 1. The zero-order valence-electron chi connectivity index (χ0n) is 48.7. The minimum Gasteiger partial charge on any atom is -0.462 e. The first-order chi connectivity index (χ1) is 37.2. The minimum atomic E-state index is -4.75. The van der Waals surface area contributed by atoms with Gasteiger partial charge in [0.25, 0.3) is 0 Å². The number of ether oxygens (including phenoxy) is 3. The van der Waals surface area contributed by atoms with Gasteiger partial charge in [-0.3, -0.25) is 23.4 Å². The fraction of sp³-hybridized carbons (Fsp3) is 0.766. The maximum Gasteiger partial charge on any atom is 0.472 e. The SMILES string of the molecule is CC/C=C\C/C=C\C/C=C\C/C=C\CCCCCCCCC(=O)OCC(COP(=O)(O)OCC(CO)OC(=O)CCCCCCCCCCCCC)OC(=O)CCCCCCCCCCC/C=C\C/C=C\CCCCC. The van der Waals surface area contributed by atoms with Gasteiger partial charge in [-0.25, -0.2) is 4.57 Å². The Hall–Kier alpha value is -3.08. The smallest absolute Gasteiger partial charge is 0.462 e. The highest BCUT2D eigenvalue weighted by molar-refractivity contribution is 7.47. The molecule has 12 heteroatoms. The molecule has 3 atom stereocenters. The summed E-state index contributed by atoms with van der Waals surface area (Å²) >= 11 is 0. The van der Waals surface area contributed by atoms with Crippen molar-refractivity contribution in [1.82, 2.24) is 0 Å². The van der Waals surface area contributed by atoms with Crippen LogP contribution in [0, 0.1) is 0 Å². The second-order valence-corrected chi connectivity index (χ2v) is 21.9. The van der Waals surface area contributed by atoms with Gasteiger partial charge in [0.05, 0.1) is 19.8 Å². The third kappa shape index (κ3) is 55.7. The van der Waals surface area contributed by atoms with E-state index in [-0.39, 0.29) is 25.9 Å². The molecule has 0 saturated heterocycles. The van der Waals surface area contributed by atoms with Gasteiger partial charge >= 0.3 is 25.7 Å². The quantitative estimate of drug-likeness (QED) is 0.0197. The maximum atomic E-state index is 12.9. The third-order valence-corrected chi connectivity index (χ3v) is 14.1. The Labute approximate surface area is 465 Å². The summed E-state index contributed by atoms with van der Waals surface area (Å²) in [6.07, 6.45) is 65.7. The lowest BCUT2D eigenvalue weighted by Gasteiger charge is -2.21. The molecule has 11 nitrogen and oxygen atoms in total. The van der Waals surface area contributed by atoms with Crippen LogP contribution in [0.15, 0.2) is 72.9 Å². The van der Waals surface area contributed by atoms with E-state index < -0.39 is 57.8 Å². The summed E-state index contributed by atoms with van der Waals surface area (Å²) < 4.78 is 39.6. The van der Waals surface area contributed by atoms with Crippen LogP contribution in [0.2, 0.25) is 0 Å². The summed E-state index contributed by atoms with van der Waals surface area (Å²) in [5.74, 6) is -1.48. The fourth-order valence-corrected chi connectivity index (χ4v) is 9.22. The number of esters is 3. The Bertz CT molecular complexity index is 1550. The van der Waals surface area contributed by atoms with Crippen LogP contribution >= 0.6 is 7.82 Å². The van der Waals surface area contributed by atoms with Crippen LogP contribution in [0.5, 0.6) is 0 Å². The molecular weight excluding hydrogens is 976 g/mol. The van der Waals surface area contributed by atoms with E-state index in [1.54, 1.807) is 0 Å². The molecule has 0 fully saturated rings. The van der Waals surface area contributed by atoms with E-state index in [4.69, 9.17) is 23.3 Å². The number of phosphoric acid groups is 1. The van der Waals surface area contributed by atoms with Crippen LogP contribution in [-0.4, -0.2) is 66.5 Å². The van der Waals surface area contributed by atoms with Crippen molar-refractivity contribution < 1.29 is 52.2 Å². The number of carbonyl (C=O) groups excluding carboxylic acids is 3. The molecule has 0 saturated carbocycles. The topological polar surface area (TPSA) is 155 Å². The van der Waals surface area contributed by atoms with Crippen LogP contribution in [0.1, 0.15) is 278 Å². The van der Waals surface area contributed by atoms with E-state index in [2.05, 4.69) is 93.7 Å². The summed E-state index contributed by atoms with van der Waals surface area (Å²) in [6, 6.07) is 0. The van der Waals surface area contributed by atoms with Crippen molar-refractivity contribution in [1.29, 1.82) is 0 Å². The van der Waals surface area contributed by atoms with Gasteiger partial charge in [-0.1, -0.05) is 241 Å². The molecule has 0 aromatic rings. The average molecular weight is 1090 g/mol. The van der Waals surface area contributed by atoms with Gasteiger partial charge in [-0.2, -0.15) is 0 Å². The molecule has 0 aliphatic heterocycles. The number of hydrogen-bond donors (Lipinski definition) is 2. The number of allylic oxidation sites excluding steroid dienone is 12. The van der Waals surface area contributed by atoms with Crippen molar-refractivity contribution >= 4 is 25.7 Å². The number of aliphatic hydroxyl groups is 1. The molecule has 0 radical (unpaired) electrons. The number of rotatable bonds is 57. The van der Waals surface area contributed by atoms with Gasteiger partial charge in [0.1, 0.15) is 12.7 Å². The van der Waals surface area contributed by atoms with Crippen LogP contribution in [0.3, 0.4) is 0 Å². The van der Waals surface area contributed by atoms with Gasteiger partial charge in [0.15, 0.2) is 6.10 Å².